The van der Waals surface area contributed by atoms with E-state index in [-0.39, 0.29) is 24.5 Å². The first-order chi connectivity index (χ1) is 18.0. The van der Waals surface area contributed by atoms with Crippen LogP contribution in [-0.2, 0) is 20.9 Å². The van der Waals surface area contributed by atoms with Gasteiger partial charge >= 0.3 is 5.97 Å². The third kappa shape index (κ3) is 7.65. The van der Waals surface area contributed by atoms with Crippen molar-refractivity contribution in [1.82, 2.24) is 4.90 Å². The summed E-state index contributed by atoms with van der Waals surface area (Å²) < 4.78 is 17.2. The summed E-state index contributed by atoms with van der Waals surface area (Å²) in [5.74, 6) is 0.269. The van der Waals surface area contributed by atoms with Gasteiger partial charge in [-0.2, -0.15) is 0 Å². The lowest BCUT2D eigenvalue weighted by Crippen LogP contribution is -2.50. The lowest BCUT2D eigenvalue weighted by Gasteiger charge is -2.38. The average molecular weight is 510 g/mol. The zero-order valence-corrected chi connectivity index (χ0v) is 21.6. The second kappa shape index (κ2) is 13.7. The molecular formula is C30H39NO6. The summed E-state index contributed by atoms with van der Waals surface area (Å²) in [5, 5.41) is 19.9. The molecule has 2 fully saturated rings. The minimum absolute atomic E-state index is 0.0310. The zero-order valence-electron chi connectivity index (χ0n) is 21.6. The molecule has 1 saturated carbocycles. The molecule has 200 valence electrons. The third-order valence-electron chi connectivity index (χ3n) is 7.45. The Morgan fingerprint density at radius 3 is 2.32 bits per heavy atom. The molecule has 0 radical (unpaired) electrons. The molecule has 2 aromatic carbocycles. The Labute approximate surface area is 219 Å². The highest BCUT2D eigenvalue weighted by molar-refractivity contribution is 5.66. The summed E-state index contributed by atoms with van der Waals surface area (Å²) in [7, 11) is 1.67. The van der Waals surface area contributed by atoms with Crippen molar-refractivity contribution in [3.63, 3.8) is 0 Å². The molecule has 2 aliphatic rings. The number of carbonyl (C=O) groups is 1. The minimum Gasteiger partial charge on any atom is -0.497 e. The number of morpholine rings is 1. The molecule has 37 heavy (non-hydrogen) atoms. The van der Waals surface area contributed by atoms with Crippen LogP contribution in [0.4, 0.5) is 0 Å². The lowest BCUT2D eigenvalue weighted by atomic mass is 9.93. The maximum atomic E-state index is 11.0. The number of hydrogen-bond acceptors (Lipinski definition) is 6. The van der Waals surface area contributed by atoms with Gasteiger partial charge in [-0.25, -0.2) is 0 Å². The molecule has 0 aromatic heterocycles. The molecule has 2 aromatic rings. The van der Waals surface area contributed by atoms with Gasteiger partial charge in [0.1, 0.15) is 5.75 Å². The number of nitrogens with zero attached hydrogens (tertiary/aromatic N) is 1. The Morgan fingerprint density at radius 1 is 1.03 bits per heavy atom. The topological polar surface area (TPSA) is 88.5 Å². The van der Waals surface area contributed by atoms with Gasteiger partial charge in [-0.15, -0.1) is 0 Å². The van der Waals surface area contributed by atoms with Crippen LogP contribution in [-0.4, -0.2) is 72.7 Å². The molecule has 1 aliphatic heterocycles. The molecule has 7 heteroatoms. The van der Waals surface area contributed by atoms with Crippen molar-refractivity contribution in [1.29, 1.82) is 0 Å². The van der Waals surface area contributed by atoms with Crippen LogP contribution in [0.2, 0.25) is 0 Å². The van der Waals surface area contributed by atoms with E-state index in [0.29, 0.717) is 32.7 Å². The van der Waals surface area contributed by atoms with Gasteiger partial charge in [0, 0.05) is 37.9 Å². The Kier molecular flexibility index (Phi) is 10.1. The van der Waals surface area contributed by atoms with Gasteiger partial charge in [0.15, 0.2) is 0 Å². The predicted molar refractivity (Wildman–Crippen MR) is 143 cm³/mol. The van der Waals surface area contributed by atoms with Crippen LogP contribution >= 0.6 is 0 Å². The quantitative estimate of drug-likeness (QED) is 0.407. The van der Waals surface area contributed by atoms with Crippen molar-refractivity contribution in [2.24, 2.45) is 5.92 Å². The first kappa shape index (κ1) is 27.3. The van der Waals surface area contributed by atoms with E-state index < -0.39 is 12.1 Å². The van der Waals surface area contributed by atoms with Crippen molar-refractivity contribution < 1.29 is 29.2 Å². The van der Waals surface area contributed by atoms with Crippen LogP contribution in [0.5, 0.6) is 5.75 Å². The number of carboxylic acids is 1. The number of aliphatic hydroxyl groups is 1. The van der Waals surface area contributed by atoms with Gasteiger partial charge < -0.3 is 24.4 Å². The molecule has 4 atom stereocenters. The van der Waals surface area contributed by atoms with Crippen LogP contribution < -0.4 is 4.74 Å². The maximum absolute atomic E-state index is 11.0. The summed E-state index contributed by atoms with van der Waals surface area (Å²) in [6.07, 6.45) is 6.61. The standard InChI is InChI=1S/C30H39NO6/c1-35-25-14-12-24(13-15-25)23-10-8-22(9-11-23)21-37-28-20-27(32)30(31-16-18-36-19-17-31)26(28)6-4-2-3-5-7-29(33)34/h2-3,8-15,26-28,30,32H,4-7,16-21H2,1H3,(H,33,34)/t26-,27-,28-,30+/m0/s1. The monoisotopic (exact) mass is 509 g/mol. The van der Waals surface area contributed by atoms with Gasteiger partial charge in [-0.05, 0) is 48.1 Å². The first-order valence-electron chi connectivity index (χ1n) is 13.3. The molecule has 1 heterocycles. The molecular weight excluding hydrogens is 470 g/mol. The van der Waals surface area contributed by atoms with Crippen molar-refractivity contribution in [2.45, 2.75) is 57.0 Å². The smallest absolute Gasteiger partial charge is 0.303 e. The Morgan fingerprint density at radius 2 is 1.68 bits per heavy atom. The second-order valence-electron chi connectivity index (χ2n) is 9.86. The lowest BCUT2D eigenvalue weighted by molar-refractivity contribution is -0.136. The number of hydrogen-bond donors (Lipinski definition) is 2. The number of aliphatic hydroxyl groups excluding tert-OH is 1. The van der Waals surface area contributed by atoms with Gasteiger partial charge in [0.25, 0.3) is 0 Å². The van der Waals surface area contributed by atoms with Crippen LogP contribution in [0, 0.1) is 5.92 Å². The summed E-state index contributed by atoms with van der Waals surface area (Å²) >= 11 is 0. The van der Waals surface area contributed by atoms with Crippen LogP contribution in [0.25, 0.3) is 11.1 Å². The Balaban J connectivity index is 1.37. The second-order valence-corrected chi connectivity index (χ2v) is 9.86. The summed E-state index contributed by atoms with van der Waals surface area (Å²) in [6, 6.07) is 16.5. The molecule has 0 amide bonds. The normalized spacial score (nSPS) is 24.5. The highest BCUT2D eigenvalue weighted by Gasteiger charge is 2.45. The number of benzene rings is 2. The zero-order chi connectivity index (χ0) is 26.0. The van der Waals surface area contributed by atoms with Gasteiger partial charge in [0.2, 0.25) is 0 Å². The predicted octanol–water partition coefficient (Wildman–Crippen LogP) is 4.53. The van der Waals surface area contributed by atoms with E-state index in [9.17, 15) is 9.90 Å². The highest BCUT2D eigenvalue weighted by Crippen LogP contribution is 2.37. The number of aliphatic carboxylic acids is 1. The summed E-state index contributed by atoms with van der Waals surface area (Å²) in [4.78, 5) is 13.1. The number of ether oxygens (including phenoxy) is 3. The van der Waals surface area contributed by atoms with Crippen molar-refractivity contribution in [3.05, 3.63) is 66.2 Å². The average Bonchev–Trinajstić information content (AvgIpc) is 3.24. The molecule has 1 aliphatic carbocycles. The number of rotatable bonds is 12. The van der Waals surface area contributed by atoms with Crippen molar-refractivity contribution in [2.75, 3.05) is 33.4 Å². The largest absolute Gasteiger partial charge is 0.497 e. The third-order valence-corrected chi connectivity index (χ3v) is 7.45. The van der Waals surface area contributed by atoms with Gasteiger partial charge in [-0.1, -0.05) is 48.6 Å². The van der Waals surface area contributed by atoms with E-state index in [4.69, 9.17) is 19.3 Å². The van der Waals surface area contributed by atoms with Gasteiger partial charge in [-0.3, -0.25) is 9.69 Å². The van der Waals surface area contributed by atoms with E-state index >= 15 is 0 Å². The highest BCUT2D eigenvalue weighted by atomic mass is 16.5. The molecule has 1 saturated heterocycles. The summed E-state index contributed by atoms with van der Waals surface area (Å²) in [6.45, 7) is 3.54. The maximum Gasteiger partial charge on any atom is 0.303 e. The SMILES string of the molecule is COc1ccc(-c2ccc(CO[C@H]3C[C@H](O)[C@H](N4CCOCC4)[C@H]3CCC=CCCC(=O)O)cc2)cc1. The van der Waals surface area contributed by atoms with Gasteiger partial charge in [0.05, 0.1) is 39.1 Å². The fraction of sp³-hybridized carbons (Fsp3) is 0.500. The molecule has 0 unspecified atom stereocenters. The Bertz CT molecular complexity index is 1000. The Hall–Kier alpha value is -2.71. The number of methoxy groups -OCH3 is 1. The van der Waals surface area contributed by atoms with Crippen molar-refractivity contribution >= 4 is 5.97 Å². The van der Waals surface area contributed by atoms with Crippen LogP contribution in [0.15, 0.2) is 60.7 Å². The van der Waals surface area contributed by atoms with E-state index in [0.717, 1.165) is 48.4 Å². The minimum atomic E-state index is -0.776. The fourth-order valence-corrected chi connectivity index (χ4v) is 5.51. The molecule has 0 spiro atoms. The number of carboxylic acid groups (broad SMARTS) is 1. The molecule has 7 nitrogen and oxygen atoms in total. The molecule has 0 bridgehead atoms. The van der Waals surface area contributed by atoms with E-state index in [1.807, 2.05) is 18.2 Å². The van der Waals surface area contributed by atoms with Crippen LogP contribution in [0.1, 0.15) is 37.7 Å². The van der Waals surface area contributed by atoms with E-state index in [1.165, 1.54) is 0 Å². The van der Waals surface area contributed by atoms with E-state index in [1.54, 1.807) is 7.11 Å². The summed E-state index contributed by atoms with van der Waals surface area (Å²) in [5.41, 5.74) is 3.38. The fourth-order valence-electron chi connectivity index (χ4n) is 5.51. The first-order valence-corrected chi connectivity index (χ1v) is 13.3. The van der Waals surface area contributed by atoms with Crippen LogP contribution in [0.3, 0.4) is 0 Å². The molecule has 4 rings (SSSR count). The number of allylic oxidation sites excluding steroid dienone is 2. The van der Waals surface area contributed by atoms with E-state index in [2.05, 4.69) is 47.4 Å². The van der Waals surface area contributed by atoms with Crippen molar-refractivity contribution in [3.8, 4) is 16.9 Å². The molecule has 2 N–H and O–H groups in total.